The molecule has 0 saturated heterocycles. The van der Waals surface area contributed by atoms with Gasteiger partial charge in [0, 0.05) is 23.7 Å². The van der Waals surface area contributed by atoms with E-state index in [0.717, 1.165) is 35.3 Å². The van der Waals surface area contributed by atoms with Crippen LogP contribution in [0.15, 0.2) is 65.9 Å². The van der Waals surface area contributed by atoms with E-state index in [1.807, 2.05) is 53.3 Å². The quantitative estimate of drug-likeness (QED) is 0.127. The van der Waals surface area contributed by atoms with Crippen LogP contribution in [0.4, 0.5) is 0 Å². The Morgan fingerprint density at radius 3 is 2.22 bits per heavy atom. The van der Waals surface area contributed by atoms with Crippen LogP contribution in [0.25, 0.3) is 16.9 Å². The summed E-state index contributed by atoms with van der Waals surface area (Å²) < 4.78 is 1.85. The molecule has 3 rings (SSSR count). The molecule has 192 valence electrons. The second kappa shape index (κ2) is 15.7. The van der Waals surface area contributed by atoms with Crippen molar-refractivity contribution in [2.45, 2.75) is 90.9 Å². The highest BCUT2D eigenvalue weighted by molar-refractivity contribution is 5.89. The van der Waals surface area contributed by atoms with Crippen LogP contribution in [-0.4, -0.2) is 21.9 Å². The summed E-state index contributed by atoms with van der Waals surface area (Å²) in [5.74, 6) is -0.0327. The number of hydrogen-bond donors (Lipinski definition) is 1. The second-order valence-electron chi connectivity index (χ2n) is 9.66. The molecule has 1 heterocycles. The first-order valence-corrected chi connectivity index (χ1v) is 13.7. The van der Waals surface area contributed by atoms with Crippen LogP contribution in [-0.2, 0) is 4.79 Å². The van der Waals surface area contributed by atoms with Crippen LogP contribution in [0.2, 0.25) is 0 Å². The van der Waals surface area contributed by atoms with Gasteiger partial charge < -0.3 is 0 Å². The number of hydrazone groups is 1. The van der Waals surface area contributed by atoms with Crippen LogP contribution in [0.5, 0.6) is 0 Å². The average Bonchev–Trinajstić information content (AvgIpc) is 3.32. The molecule has 0 aliphatic carbocycles. The van der Waals surface area contributed by atoms with Crippen molar-refractivity contribution in [3.8, 4) is 16.9 Å². The van der Waals surface area contributed by atoms with Crippen molar-refractivity contribution >= 4 is 12.1 Å². The molecule has 0 bridgehead atoms. The molecule has 1 aromatic heterocycles. The Bertz CT molecular complexity index is 1070. The Labute approximate surface area is 217 Å². The topological polar surface area (TPSA) is 59.3 Å². The zero-order valence-electron chi connectivity index (χ0n) is 22.1. The van der Waals surface area contributed by atoms with E-state index in [0.29, 0.717) is 6.42 Å². The van der Waals surface area contributed by atoms with E-state index in [9.17, 15) is 4.79 Å². The normalized spacial score (nSPS) is 11.3. The van der Waals surface area contributed by atoms with Crippen molar-refractivity contribution in [1.82, 2.24) is 15.2 Å². The molecule has 0 saturated carbocycles. The fraction of sp³-hybridized carbons (Fsp3) is 0.452. The SMILES string of the molecule is CCCCCCCCCCCCCC(=O)N/N=C\c1cn(-c2ccccc2)nc1-c1cccc(C)c1. The predicted molar refractivity (Wildman–Crippen MR) is 151 cm³/mol. The maximum absolute atomic E-state index is 12.3. The van der Waals surface area contributed by atoms with Crippen molar-refractivity contribution in [2.24, 2.45) is 5.10 Å². The Hall–Kier alpha value is -3.21. The molecule has 1 N–H and O–H groups in total. The summed E-state index contributed by atoms with van der Waals surface area (Å²) in [6, 6.07) is 18.3. The number of amides is 1. The highest BCUT2D eigenvalue weighted by Gasteiger charge is 2.11. The number of nitrogens with one attached hydrogen (secondary N) is 1. The van der Waals surface area contributed by atoms with E-state index >= 15 is 0 Å². The van der Waals surface area contributed by atoms with Gasteiger partial charge in [-0.25, -0.2) is 10.1 Å². The van der Waals surface area contributed by atoms with Gasteiger partial charge in [-0.2, -0.15) is 10.2 Å². The molecule has 0 aliphatic heterocycles. The van der Waals surface area contributed by atoms with E-state index in [1.165, 1.54) is 63.4 Å². The number of benzene rings is 2. The lowest BCUT2D eigenvalue weighted by atomic mass is 10.1. The van der Waals surface area contributed by atoms with Crippen LogP contribution >= 0.6 is 0 Å². The first kappa shape index (κ1) is 27.4. The first-order valence-electron chi connectivity index (χ1n) is 13.7. The molecule has 1 amide bonds. The number of carbonyl (C=O) groups is 1. The van der Waals surface area contributed by atoms with Gasteiger partial charge in [0.25, 0.3) is 0 Å². The highest BCUT2D eigenvalue weighted by atomic mass is 16.2. The van der Waals surface area contributed by atoms with Gasteiger partial charge in [-0.05, 0) is 31.5 Å². The molecule has 5 nitrogen and oxygen atoms in total. The Kier molecular flexibility index (Phi) is 12.0. The van der Waals surface area contributed by atoms with Gasteiger partial charge in [0.2, 0.25) is 5.91 Å². The highest BCUT2D eigenvalue weighted by Crippen LogP contribution is 2.23. The smallest absolute Gasteiger partial charge is 0.240 e. The lowest BCUT2D eigenvalue weighted by Crippen LogP contribution is -2.16. The maximum Gasteiger partial charge on any atom is 0.240 e. The molecule has 0 unspecified atom stereocenters. The molecule has 0 spiro atoms. The molecular weight excluding hydrogens is 444 g/mol. The molecule has 36 heavy (non-hydrogen) atoms. The largest absolute Gasteiger partial charge is 0.273 e. The molecule has 0 radical (unpaired) electrons. The molecule has 5 heteroatoms. The molecule has 3 aromatic rings. The van der Waals surface area contributed by atoms with Crippen LogP contribution < -0.4 is 5.43 Å². The Morgan fingerprint density at radius 2 is 1.56 bits per heavy atom. The Balaban J connectivity index is 1.45. The van der Waals surface area contributed by atoms with E-state index in [4.69, 9.17) is 5.10 Å². The molecule has 2 aromatic carbocycles. The number of hydrogen-bond acceptors (Lipinski definition) is 3. The lowest BCUT2D eigenvalue weighted by molar-refractivity contribution is -0.121. The molecule has 0 aliphatic rings. The lowest BCUT2D eigenvalue weighted by Gasteiger charge is -2.03. The summed E-state index contributed by atoms with van der Waals surface area (Å²) >= 11 is 0. The van der Waals surface area contributed by atoms with E-state index < -0.39 is 0 Å². The van der Waals surface area contributed by atoms with Crippen molar-refractivity contribution in [2.75, 3.05) is 0 Å². The number of rotatable bonds is 16. The zero-order chi connectivity index (χ0) is 25.4. The van der Waals surface area contributed by atoms with Crippen LogP contribution in [0.1, 0.15) is 95.1 Å². The van der Waals surface area contributed by atoms with Crippen molar-refractivity contribution < 1.29 is 4.79 Å². The fourth-order valence-electron chi connectivity index (χ4n) is 4.39. The minimum Gasteiger partial charge on any atom is -0.273 e. The van der Waals surface area contributed by atoms with Crippen molar-refractivity contribution in [3.63, 3.8) is 0 Å². The summed E-state index contributed by atoms with van der Waals surface area (Å²) in [5, 5.41) is 9.06. The van der Waals surface area contributed by atoms with E-state index in [-0.39, 0.29) is 5.91 Å². The van der Waals surface area contributed by atoms with Gasteiger partial charge in [0.1, 0.15) is 5.69 Å². The number of aryl methyl sites for hydroxylation is 1. The molecular formula is C31H42N4O. The molecule has 0 fully saturated rings. The zero-order valence-corrected chi connectivity index (χ0v) is 22.1. The van der Waals surface area contributed by atoms with Crippen molar-refractivity contribution in [1.29, 1.82) is 0 Å². The summed E-state index contributed by atoms with van der Waals surface area (Å²) in [5.41, 5.74) is 7.57. The third kappa shape index (κ3) is 9.44. The average molecular weight is 487 g/mol. The van der Waals surface area contributed by atoms with E-state index in [1.54, 1.807) is 6.21 Å². The van der Waals surface area contributed by atoms with Gasteiger partial charge in [-0.3, -0.25) is 4.79 Å². The third-order valence-electron chi connectivity index (χ3n) is 6.46. The minimum absolute atomic E-state index is 0.0327. The fourth-order valence-corrected chi connectivity index (χ4v) is 4.39. The van der Waals surface area contributed by atoms with Gasteiger partial charge >= 0.3 is 0 Å². The minimum atomic E-state index is -0.0327. The summed E-state index contributed by atoms with van der Waals surface area (Å²) in [6.07, 6.45) is 18.2. The van der Waals surface area contributed by atoms with Gasteiger partial charge in [0.15, 0.2) is 0 Å². The Morgan fingerprint density at radius 1 is 0.889 bits per heavy atom. The summed E-state index contributed by atoms with van der Waals surface area (Å²) in [7, 11) is 0. The second-order valence-corrected chi connectivity index (χ2v) is 9.66. The first-order chi connectivity index (χ1) is 17.7. The number of unbranched alkanes of at least 4 members (excludes halogenated alkanes) is 10. The summed E-state index contributed by atoms with van der Waals surface area (Å²) in [4.78, 5) is 12.3. The monoisotopic (exact) mass is 486 g/mol. The molecule has 0 atom stereocenters. The number of para-hydroxylation sites is 1. The summed E-state index contributed by atoms with van der Waals surface area (Å²) in [6.45, 7) is 4.33. The predicted octanol–water partition coefficient (Wildman–Crippen LogP) is 8.00. The van der Waals surface area contributed by atoms with Crippen molar-refractivity contribution in [3.05, 3.63) is 71.9 Å². The van der Waals surface area contributed by atoms with Gasteiger partial charge in [-0.15, -0.1) is 0 Å². The number of nitrogens with zero attached hydrogens (tertiary/aromatic N) is 3. The van der Waals surface area contributed by atoms with Gasteiger partial charge in [-0.1, -0.05) is 113 Å². The van der Waals surface area contributed by atoms with Crippen LogP contribution in [0, 0.1) is 6.92 Å². The number of aromatic nitrogens is 2. The maximum atomic E-state index is 12.3. The third-order valence-corrected chi connectivity index (χ3v) is 6.46. The number of carbonyl (C=O) groups excluding carboxylic acids is 1. The van der Waals surface area contributed by atoms with Gasteiger partial charge in [0.05, 0.1) is 11.9 Å². The van der Waals surface area contributed by atoms with E-state index in [2.05, 4.69) is 36.5 Å². The standard InChI is InChI=1S/C31H42N4O/c1-3-4-5-6-7-8-9-10-11-12-16-22-30(36)33-32-24-28-25-35(29-20-14-13-15-21-29)34-31(28)27-19-17-18-26(2)23-27/h13-15,17-21,23-25H,3-12,16,22H2,1-2H3,(H,33,36)/b32-24-. The van der Waals surface area contributed by atoms with Crippen LogP contribution in [0.3, 0.4) is 0 Å².